The third-order valence-electron chi connectivity index (χ3n) is 4.59. The Bertz CT molecular complexity index is 573. The normalized spacial score (nSPS) is 17.9. The fourth-order valence-corrected chi connectivity index (χ4v) is 3.17. The van der Waals surface area contributed by atoms with E-state index in [9.17, 15) is 9.59 Å². The molecule has 26 heavy (non-hydrogen) atoms. The Kier molecular flexibility index (Phi) is 9.99. The van der Waals surface area contributed by atoms with Gasteiger partial charge in [-0.3, -0.25) is 9.59 Å². The van der Waals surface area contributed by atoms with Crippen molar-refractivity contribution >= 4 is 35.8 Å². The van der Waals surface area contributed by atoms with Crippen molar-refractivity contribution < 1.29 is 9.59 Å². The third-order valence-corrected chi connectivity index (χ3v) is 4.84. The predicted molar refractivity (Wildman–Crippen MR) is 108 cm³/mol. The standard InChI is InChI=1S/C19H28ClN3O2.ClH/c1-13(2)17(23-18(24)15-5-7-16(20)8-6-15)19(25)22-11-9-14-4-3-10-21-12-14;/h5-8,13-14,17,21H,3-4,9-12H2,1-2H3,(H,22,25)(H,23,24);1H. The van der Waals surface area contributed by atoms with Gasteiger partial charge in [-0.15, -0.1) is 12.4 Å². The maximum absolute atomic E-state index is 12.5. The molecule has 3 N–H and O–H groups in total. The van der Waals surface area contributed by atoms with Crippen LogP contribution < -0.4 is 16.0 Å². The van der Waals surface area contributed by atoms with E-state index < -0.39 is 6.04 Å². The first kappa shape index (κ1) is 22.7. The lowest BCUT2D eigenvalue weighted by atomic mass is 9.96. The molecular formula is C19H29Cl2N3O2. The molecule has 2 unspecified atom stereocenters. The van der Waals surface area contributed by atoms with Crippen LogP contribution in [0.25, 0.3) is 0 Å². The highest BCUT2D eigenvalue weighted by Gasteiger charge is 2.24. The van der Waals surface area contributed by atoms with Crippen LogP contribution in [0.5, 0.6) is 0 Å². The van der Waals surface area contributed by atoms with Gasteiger partial charge >= 0.3 is 0 Å². The number of hydrogen-bond acceptors (Lipinski definition) is 3. The monoisotopic (exact) mass is 401 g/mol. The van der Waals surface area contributed by atoms with Crippen molar-refractivity contribution in [1.29, 1.82) is 0 Å². The zero-order valence-electron chi connectivity index (χ0n) is 15.4. The molecule has 5 nitrogen and oxygen atoms in total. The van der Waals surface area contributed by atoms with Gasteiger partial charge in [-0.25, -0.2) is 0 Å². The van der Waals surface area contributed by atoms with E-state index in [1.807, 2.05) is 13.8 Å². The zero-order chi connectivity index (χ0) is 18.2. The average molecular weight is 402 g/mol. The first-order valence-electron chi connectivity index (χ1n) is 9.02. The molecule has 1 fully saturated rings. The highest BCUT2D eigenvalue weighted by atomic mass is 35.5. The van der Waals surface area contributed by atoms with Crippen LogP contribution in [-0.2, 0) is 4.79 Å². The van der Waals surface area contributed by atoms with Gasteiger partial charge in [-0.05, 0) is 68.5 Å². The number of halogens is 2. The minimum Gasteiger partial charge on any atom is -0.354 e. The smallest absolute Gasteiger partial charge is 0.251 e. The molecule has 2 amide bonds. The van der Waals surface area contributed by atoms with Crippen LogP contribution in [0, 0.1) is 11.8 Å². The van der Waals surface area contributed by atoms with E-state index in [0.717, 1.165) is 19.5 Å². The van der Waals surface area contributed by atoms with Crippen LogP contribution >= 0.6 is 24.0 Å². The first-order valence-corrected chi connectivity index (χ1v) is 9.40. The molecule has 7 heteroatoms. The minimum absolute atomic E-state index is 0. The van der Waals surface area contributed by atoms with Crippen molar-refractivity contribution in [1.82, 2.24) is 16.0 Å². The number of benzene rings is 1. The molecule has 0 saturated carbocycles. The summed E-state index contributed by atoms with van der Waals surface area (Å²) in [7, 11) is 0. The molecule has 0 radical (unpaired) electrons. The molecule has 0 aromatic heterocycles. The summed E-state index contributed by atoms with van der Waals surface area (Å²) in [5, 5.41) is 9.77. The Morgan fingerprint density at radius 3 is 2.54 bits per heavy atom. The van der Waals surface area contributed by atoms with Crippen molar-refractivity contribution in [3.05, 3.63) is 34.9 Å². The maximum Gasteiger partial charge on any atom is 0.251 e. The quantitative estimate of drug-likeness (QED) is 0.657. The Balaban J connectivity index is 0.00000338. The van der Waals surface area contributed by atoms with Gasteiger partial charge in [0.1, 0.15) is 6.04 Å². The summed E-state index contributed by atoms with van der Waals surface area (Å²) in [5.74, 6) is 0.242. The summed E-state index contributed by atoms with van der Waals surface area (Å²) in [6.07, 6.45) is 3.38. The van der Waals surface area contributed by atoms with Crippen molar-refractivity contribution in [3.8, 4) is 0 Å². The van der Waals surface area contributed by atoms with E-state index in [-0.39, 0.29) is 30.1 Å². The Morgan fingerprint density at radius 1 is 1.27 bits per heavy atom. The second-order valence-electron chi connectivity index (χ2n) is 6.99. The number of carbonyl (C=O) groups excluding carboxylic acids is 2. The maximum atomic E-state index is 12.5. The second kappa shape index (κ2) is 11.4. The lowest BCUT2D eigenvalue weighted by molar-refractivity contribution is -0.124. The lowest BCUT2D eigenvalue weighted by Gasteiger charge is -2.24. The molecule has 0 aliphatic carbocycles. The van der Waals surface area contributed by atoms with Gasteiger partial charge in [0.25, 0.3) is 5.91 Å². The van der Waals surface area contributed by atoms with E-state index in [0.29, 0.717) is 23.0 Å². The lowest BCUT2D eigenvalue weighted by Crippen LogP contribution is -2.50. The molecule has 1 aliphatic rings. The van der Waals surface area contributed by atoms with Gasteiger partial charge in [0, 0.05) is 17.1 Å². The van der Waals surface area contributed by atoms with E-state index in [4.69, 9.17) is 11.6 Å². The molecule has 1 aromatic carbocycles. The van der Waals surface area contributed by atoms with Crippen LogP contribution in [-0.4, -0.2) is 37.5 Å². The molecule has 1 aromatic rings. The number of piperidine rings is 1. The minimum atomic E-state index is -0.548. The van der Waals surface area contributed by atoms with E-state index in [1.54, 1.807) is 24.3 Å². The number of nitrogens with one attached hydrogen (secondary N) is 3. The second-order valence-corrected chi connectivity index (χ2v) is 7.43. The summed E-state index contributed by atoms with van der Waals surface area (Å²) in [6, 6.07) is 6.09. The molecule has 0 bridgehead atoms. The molecule has 2 atom stereocenters. The highest BCUT2D eigenvalue weighted by Crippen LogP contribution is 2.13. The van der Waals surface area contributed by atoms with Crippen molar-refractivity contribution in [2.24, 2.45) is 11.8 Å². The third kappa shape index (κ3) is 7.14. The zero-order valence-corrected chi connectivity index (χ0v) is 17.0. The first-order chi connectivity index (χ1) is 12.0. The Morgan fingerprint density at radius 2 is 1.96 bits per heavy atom. The fourth-order valence-electron chi connectivity index (χ4n) is 3.04. The van der Waals surface area contributed by atoms with E-state index in [1.165, 1.54) is 12.8 Å². The molecular weight excluding hydrogens is 373 g/mol. The predicted octanol–water partition coefficient (Wildman–Crippen LogP) is 3.02. The highest BCUT2D eigenvalue weighted by molar-refractivity contribution is 6.30. The van der Waals surface area contributed by atoms with Crippen LogP contribution in [0.15, 0.2) is 24.3 Å². The molecule has 1 saturated heterocycles. The Hall–Kier alpha value is -1.30. The molecule has 2 rings (SSSR count). The number of amides is 2. The van der Waals surface area contributed by atoms with Crippen molar-refractivity contribution in [3.63, 3.8) is 0 Å². The van der Waals surface area contributed by atoms with Gasteiger partial charge in [0.2, 0.25) is 5.91 Å². The van der Waals surface area contributed by atoms with Crippen molar-refractivity contribution in [2.75, 3.05) is 19.6 Å². The summed E-state index contributed by atoms with van der Waals surface area (Å²) in [4.78, 5) is 24.8. The summed E-state index contributed by atoms with van der Waals surface area (Å²) >= 11 is 5.84. The summed E-state index contributed by atoms with van der Waals surface area (Å²) in [5.41, 5.74) is 0.496. The van der Waals surface area contributed by atoms with Crippen LogP contribution in [0.4, 0.5) is 0 Å². The van der Waals surface area contributed by atoms with E-state index >= 15 is 0 Å². The summed E-state index contributed by atoms with van der Waals surface area (Å²) < 4.78 is 0. The Labute approximate surface area is 167 Å². The van der Waals surface area contributed by atoms with Gasteiger partial charge < -0.3 is 16.0 Å². The van der Waals surface area contributed by atoms with Gasteiger partial charge in [0.15, 0.2) is 0 Å². The average Bonchev–Trinajstić information content (AvgIpc) is 2.60. The topological polar surface area (TPSA) is 70.2 Å². The van der Waals surface area contributed by atoms with Crippen LogP contribution in [0.2, 0.25) is 5.02 Å². The molecule has 0 spiro atoms. The van der Waals surface area contributed by atoms with Gasteiger partial charge in [-0.1, -0.05) is 25.4 Å². The molecule has 1 heterocycles. The van der Waals surface area contributed by atoms with Crippen LogP contribution in [0.1, 0.15) is 43.5 Å². The largest absolute Gasteiger partial charge is 0.354 e. The number of carbonyl (C=O) groups is 2. The number of rotatable bonds is 7. The summed E-state index contributed by atoms with van der Waals surface area (Å²) in [6.45, 7) is 6.62. The van der Waals surface area contributed by atoms with E-state index in [2.05, 4.69) is 16.0 Å². The fraction of sp³-hybridized carbons (Fsp3) is 0.579. The molecule has 1 aliphatic heterocycles. The van der Waals surface area contributed by atoms with Gasteiger partial charge in [0.05, 0.1) is 0 Å². The van der Waals surface area contributed by atoms with Crippen molar-refractivity contribution in [2.45, 2.75) is 39.2 Å². The van der Waals surface area contributed by atoms with Crippen LogP contribution in [0.3, 0.4) is 0 Å². The SMILES string of the molecule is CC(C)C(NC(=O)c1ccc(Cl)cc1)C(=O)NCCC1CCCNC1.Cl. The number of hydrogen-bond donors (Lipinski definition) is 3. The molecule has 146 valence electrons. The van der Waals surface area contributed by atoms with Gasteiger partial charge in [-0.2, -0.15) is 0 Å².